The van der Waals surface area contributed by atoms with Crippen molar-refractivity contribution in [2.75, 3.05) is 13.1 Å². The van der Waals surface area contributed by atoms with Gasteiger partial charge in [0.05, 0.1) is 0 Å². The lowest BCUT2D eigenvalue weighted by Crippen LogP contribution is -2.33. The van der Waals surface area contributed by atoms with Crippen LogP contribution in [0.3, 0.4) is 0 Å². The molecular formula is C18H20N2O3. The summed E-state index contributed by atoms with van der Waals surface area (Å²) in [4.78, 5) is 22.6. The molecule has 0 atom stereocenters. The lowest BCUT2D eigenvalue weighted by molar-refractivity contribution is -0.118. The van der Waals surface area contributed by atoms with E-state index in [9.17, 15) is 9.59 Å². The molecule has 0 spiro atoms. The predicted molar refractivity (Wildman–Crippen MR) is 88.2 cm³/mol. The highest BCUT2D eigenvalue weighted by Gasteiger charge is 2.05. The molecule has 0 fully saturated rings. The lowest BCUT2D eigenvalue weighted by atomic mass is 10.2. The van der Waals surface area contributed by atoms with Crippen LogP contribution >= 0.6 is 0 Å². The van der Waals surface area contributed by atoms with E-state index in [1.807, 2.05) is 30.3 Å². The van der Waals surface area contributed by atoms with Crippen molar-refractivity contribution in [2.45, 2.75) is 13.5 Å². The zero-order valence-corrected chi connectivity index (χ0v) is 13.0. The molecule has 2 aromatic carbocycles. The summed E-state index contributed by atoms with van der Waals surface area (Å²) in [5, 5.41) is 5.36. The molecule has 2 aromatic rings. The second kappa shape index (κ2) is 8.58. The van der Waals surface area contributed by atoms with Crippen LogP contribution in [0.25, 0.3) is 0 Å². The maximum atomic E-state index is 11.9. The summed E-state index contributed by atoms with van der Waals surface area (Å²) in [6.07, 6.45) is 0. The van der Waals surface area contributed by atoms with Crippen LogP contribution < -0.4 is 15.4 Å². The number of hydrogen-bond acceptors (Lipinski definition) is 3. The molecule has 23 heavy (non-hydrogen) atoms. The smallest absolute Gasteiger partial charge is 0.251 e. The van der Waals surface area contributed by atoms with E-state index in [0.29, 0.717) is 31.0 Å². The van der Waals surface area contributed by atoms with Crippen molar-refractivity contribution in [1.29, 1.82) is 0 Å². The van der Waals surface area contributed by atoms with Crippen LogP contribution in [-0.2, 0) is 11.4 Å². The third-order valence-corrected chi connectivity index (χ3v) is 3.15. The molecular weight excluding hydrogens is 292 g/mol. The molecule has 2 amide bonds. The highest BCUT2D eigenvalue weighted by molar-refractivity contribution is 5.94. The molecule has 2 N–H and O–H groups in total. The van der Waals surface area contributed by atoms with Gasteiger partial charge in [-0.25, -0.2) is 0 Å². The molecule has 5 nitrogen and oxygen atoms in total. The van der Waals surface area contributed by atoms with Gasteiger partial charge >= 0.3 is 0 Å². The van der Waals surface area contributed by atoms with Gasteiger partial charge in [-0.3, -0.25) is 9.59 Å². The molecule has 0 aliphatic heterocycles. The highest BCUT2D eigenvalue weighted by Crippen LogP contribution is 2.14. The highest BCUT2D eigenvalue weighted by atomic mass is 16.5. The normalized spacial score (nSPS) is 9.96. The van der Waals surface area contributed by atoms with Crippen LogP contribution in [0.5, 0.6) is 5.75 Å². The molecule has 120 valence electrons. The number of ether oxygens (including phenoxy) is 1. The Morgan fingerprint density at radius 1 is 0.913 bits per heavy atom. The van der Waals surface area contributed by atoms with Gasteiger partial charge in [0, 0.05) is 25.6 Å². The first-order chi connectivity index (χ1) is 11.1. The molecule has 0 aliphatic carbocycles. The first kappa shape index (κ1) is 16.5. The van der Waals surface area contributed by atoms with E-state index in [-0.39, 0.29) is 11.8 Å². The number of hydrogen-bond donors (Lipinski definition) is 2. The van der Waals surface area contributed by atoms with Gasteiger partial charge in [-0.05, 0) is 29.8 Å². The first-order valence-corrected chi connectivity index (χ1v) is 7.44. The molecule has 0 heterocycles. The van der Waals surface area contributed by atoms with E-state index in [0.717, 1.165) is 5.56 Å². The van der Waals surface area contributed by atoms with Gasteiger partial charge in [-0.15, -0.1) is 0 Å². The summed E-state index contributed by atoms with van der Waals surface area (Å²) in [6.45, 7) is 2.74. The number of carbonyl (C=O) groups excluding carboxylic acids is 2. The maximum Gasteiger partial charge on any atom is 0.251 e. The van der Waals surface area contributed by atoms with Crippen molar-refractivity contribution in [2.24, 2.45) is 0 Å². The van der Waals surface area contributed by atoms with Gasteiger partial charge in [0.25, 0.3) is 5.91 Å². The molecule has 0 radical (unpaired) electrons. The minimum Gasteiger partial charge on any atom is -0.489 e. The van der Waals surface area contributed by atoms with Crippen LogP contribution in [0, 0.1) is 0 Å². The number of rotatable bonds is 7. The van der Waals surface area contributed by atoms with E-state index < -0.39 is 0 Å². The Hall–Kier alpha value is -2.82. The number of carbonyl (C=O) groups is 2. The molecule has 0 unspecified atom stereocenters. The standard InChI is InChI=1S/C18H20N2O3/c1-14(21)19-11-12-20-18(22)16-7-9-17(10-8-16)23-13-15-5-3-2-4-6-15/h2-10H,11-13H2,1H3,(H,19,21)(H,20,22). The average molecular weight is 312 g/mol. The van der Waals surface area contributed by atoms with Crippen molar-refractivity contribution in [3.05, 3.63) is 65.7 Å². The van der Waals surface area contributed by atoms with Crippen molar-refractivity contribution < 1.29 is 14.3 Å². The van der Waals surface area contributed by atoms with Crippen LogP contribution in [-0.4, -0.2) is 24.9 Å². The van der Waals surface area contributed by atoms with E-state index in [2.05, 4.69) is 10.6 Å². The van der Waals surface area contributed by atoms with Gasteiger partial charge in [-0.2, -0.15) is 0 Å². The molecule has 5 heteroatoms. The fourth-order valence-electron chi connectivity index (χ4n) is 1.96. The number of nitrogens with one attached hydrogen (secondary N) is 2. The number of benzene rings is 2. The van der Waals surface area contributed by atoms with Crippen LogP contribution in [0.4, 0.5) is 0 Å². The van der Waals surface area contributed by atoms with Gasteiger partial charge in [0.2, 0.25) is 5.91 Å². The largest absolute Gasteiger partial charge is 0.489 e. The molecule has 2 rings (SSSR count). The third-order valence-electron chi connectivity index (χ3n) is 3.15. The quantitative estimate of drug-likeness (QED) is 0.770. The predicted octanol–water partition coefficient (Wildman–Crippen LogP) is 2.13. The SMILES string of the molecule is CC(=O)NCCNC(=O)c1ccc(OCc2ccccc2)cc1. The minimum absolute atomic E-state index is 0.112. The Balaban J connectivity index is 1.79. The van der Waals surface area contributed by atoms with Crippen molar-refractivity contribution >= 4 is 11.8 Å². The van der Waals surface area contributed by atoms with Gasteiger partial charge in [0.1, 0.15) is 12.4 Å². The lowest BCUT2D eigenvalue weighted by Gasteiger charge is -2.08. The maximum absolute atomic E-state index is 11.9. The second-order valence-corrected chi connectivity index (χ2v) is 5.04. The van der Waals surface area contributed by atoms with Crippen LogP contribution in [0.15, 0.2) is 54.6 Å². The monoisotopic (exact) mass is 312 g/mol. The van der Waals surface area contributed by atoms with Crippen molar-refractivity contribution in [3.8, 4) is 5.75 Å². The summed E-state index contributed by atoms with van der Waals surface area (Å²) in [5.74, 6) is 0.424. The molecule has 0 aromatic heterocycles. The van der Waals surface area contributed by atoms with E-state index in [1.165, 1.54) is 6.92 Å². The Bertz CT molecular complexity index is 639. The first-order valence-electron chi connectivity index (χ1n) is 7.44. The Kier molecular flexibility index (Phi) is 6.17. The number of amides is 2. The Morgan fingerprint density at radius 3 is 2.22 bits per heavy atom. The third kappa shape index (κ3) is 5.82. The fraction of sp³-hybridized carbons (Fsp3) is 0.222. The summed E-state index contributed by atoms with van der Waals surface area (Å²) >= 11 is 0. The van der Waals surface area contributed by atoms with Gasteiger partial charge in [-0.1, -0.05) is 30.3 Å². The van der Waals surface area contributed by atoms with Crippen LogP contribution in [0.1, 0.15) is 22.8 Å². The molecule has 0 bridgehead atoms. The second-order valence-electron chi connectivity index (χ2n) is 5.04. The zero-order valence-electron chi connectivity index (χ0n) is 13.0. The van der Waals surface area contributed by atoms with Gasteiger partial charge in [0.15, 0.2) is 0 Å². The minimum atomic E-state index is -0.176. The molecule has 0 aliphatic rings. The Labute approximate surface area is 135 Å². The van der Waals surface area contributed by atoms with Gasteiger partial charge < -0.3 is 15.4 Å². The summed E-state index contributed by atoms with van der Waals surface area (Å²) in [5.41, 5.74) is 1.65. The van der Waals surface area contributed by atoms with E-state index >= 15 is 0 Å². The van der Waals surface area contributed by atoms with Crippen LogP contribution in [0.2, 0.25) is 0 Å². The van der Waals surface area contributed by atoms with E-state index in [1.54, 1.807) is 24.3 Å². The molecule has 0 saturated carbocycles. The topological polar surface area (TPSA) is 67.4 Å². The Morgan fingerprint density at radius 2 is 1.57 bits per heavy atom. The summed E-state index contributed by atoms with van der Waals surface area (Å²) in [7, 11) is 0. The fourth-order valence-corrected chi connectivity index (χ4v) is 1.96. The average Bonchev–Trinajstić information content (AvgIpc) is 2.58. The van der Waals surface area contributed by atoms with Crippen molar-refractivity contribution in [1.82, 2.24) is 10.6 Å². The summed E-state index contributed by atoms with van der Waals surface area (Å²) < 4.78 is 5.67. The van der Waals surface area contributed by atoms with Crippen molar-refractivity contribution in [3.63, 3.8) is 0 Å². The summed E-state index contributed by atoms with van der Waals surface area (Å²) in [6, 6.07) is 16.9. The zero-order chi connectivity index (χ0) is 16.5. The van der Waals surface area contributed by atoms with E-state index in [4.69, 9.17) is 4.74 Å². The molecule has 0 saturated heterocycles.